The number of hydrogen-bond donors (Lipinski definition) is 0. The summed E-state index contributed by atoms with van der Waals surface area (Å²) in [5.41, 5.74) is 1.02. The molecule has 1 aliphatic heterocycles. The van der Waals surface area contributed by atoms with Gasteiger partial charge in [0.25, 0.3) is 0 Å². The smallest absolute Gasteiger partial charge is 0.232 e. The van der Waals surface area contributed by atoms with Crippen LogP contribution < -0.4 is 0 Å². The van der Waals surface area contributed by atoms with E-state index in [-0.39, 0.29) is 5.91 Å². The van der Waals surface area contributed by atoms with Crippen LogP contribution in [-0.4, -0.2) is 54.7 Å². The van der Waals surface area contributed by atoms with Crippen molar-refractivity contribution in [2.45, 2.75) is 24.6 Å². The van der Waals surface area contributed by atoms with E-state index >= 15 is 0 Å². The van der Waals surface area contributed by atoms with Crippen molar-refractivity contribution in [1.82, 2.24) is 9.80 Å². The van der Waals surface area contributed by atoms with Crippen molar-refractivity contribution in [3.8, 4) is 0 Å². The van der Waals surface area contributed by atoms with E-state index in [4.69, 9.17) is 23.2 Å². The molecule has 0 aliphatic carbocycles. The van der Waals surface area contributed by atoms with Crippen LogP contribution in [0.2, 0.25) is 10.0 Å². The number of amides is 1. The molecule has 22 heavy (non-hydrogen) atoms. The van der Waals surface area contributed by atoms with Crippen LogP contribution >= 0.6 is 35.0 Å². The summed E-state index contributed by atoms with van der Waals surface area (Å²) in [6.45, 7) is 1.72. The molecule has 1 atom stereocenters. The first-order valence-corrected chi connectivity index (χ1v) is 9.34. The Kier molecular flexibility index (Phi) is 6.87. The van der Waals surface area contributed by atoms with Gasteiger partial charge in [0.15, 0.2) is 0 Å². The highest BCUT2D eigenvalue weighted by molar-refractivity contribution is 7.99. The van der Waals surface area contributed by atoms with E-state index in [1.807, 2.05) is 17.0 Å². The quantitative estimate of drug-likeness (QED) is 0.798. The first-order chi connectivity index (χ1) is 10.5. The summed E-state index contributed by atoms with van der Waals surface area (Å²) in [5.74, 6) is 1.45. The second-order valence-corrected chi connectivity index (χ2v) is 7.66. The molecule has 122 valence electrons. The Morgan fingerprint density at radius 1 is 1.41 bits per heavy atom. The van der Waals surface area contributed by atoms with E-state index in [0.717, 1.165) is 30.8 Å². The van der Waals surface area contributed by atoms with Gasteiger partial charge in [-0.15, -0.1) is 11.8 Å². The monoisotopic (exact) mass is 360 g/mol. The Morgan fingerprint density at radius 3 is 2.86 bits per heavy atom. The number of rotatable bonds is 5. The average Bonchev–Trinajstić information content (AvgIpc) is 2.49. The number of carbonyl (C=O) groups is 1. The molecule has 2 rings (SSSR count). The van der Waals surface area contributed by atoms with Crippen LogP contribution in [0.1, 0.15) is 18.4 Å². The molecule has 0 aromatic heterocycles. The standard InChI is InChI=1S/C16H22Cl2N2OS/c1-19(2)14-4-3-7-20(9-14)16(21)11-22-10-12-5-6-13(17)8-15(12)18/h5-6,8,14H,3-4,7,9-11H2,1-2H3. The van der Waals surface area contributed by atoms with E-state index in [0.29, 0.717) is 21.8 Å². The summed E-state index contributed by atoms with van der Waals surface area (Å²) in [7, 11) is 4.16. The van der Waals surface area contributed by atoms with Crippen LogP contribution in [0, 0.1) is 0 Å². The summed E-state index contributed by atoms with van der Waals surface area (Å²) < 4.78 is 0. The fourth-order valence-electron chi connectivity index (χ4n) is 2.58. The van der Waals surface area contributed by atoms with Crippen molar-refractivity contribution in [1.29, 1.82) is 0 Å². The van der Waals surface area contributed by atoms with Crippen molar-refractivity contribution in [2.75, 3.05) is 32.9 Å². The Hall–Kier alpha value is -0.420. The highest BCUT2D eigenvalue weighted by Gasteiger charge is 2.24. The molecular formula is C16H22Cl2N2OS. The number of nitrogens with zero attached hydrogens (tertiary/aromatic N) is 2. The molecule has 1 amide bonds. The molecule has 1 heterocycles. The van der Waals surface area contributed by atoms with E-state index in [9.17, 15) is 4.79 Å². The van der Waals surface area contributed by atoms with Gasteiger partial charge in [0.1, 0.15) is 0 Å². The zero-order valence-electron chi connectivity index (χ0n) is 13.0. The number of halogens is 2. The highest BCUT2D eigenvalue weighted by Crippen LogP contribution is 2.25. The van der Waals surface area contributed by atoms with E-state index < -0.39 is 0 Å². The Labute approximate surface area is 146 Å². The van der Waals surface area contributed by atoms with Crippen molar-refractivity contribution in [3.05, 3.63) is 33.8 Å². The lowest BCUT2D eigenvalue weighted by molar-refractivity contribution is -0.130. The lowest BCUT2D eigenvalue weighted by Gasteiger charge is -2.36. The number of likely N-dealkylation sites (N-methyl/N-ethyl adjacent to an activating group) is 1. The number of piperidine rings is 1. The van der Waals surface area contributed by atoms with Crippen molar-refractivity contribution in [2.24, 2.45) is 0 Å². The third-order valence-corrected chi connectivity index (χ3v) is 5.53. The van der Waals surface area contributed by atoms with Crippen molar-refractivity contribution < 1.29 is 4.79 Å². The maximum atomic E-state index is 12.3. The molecule has 1 aliphatic rings. The summed E-state index contributed by atoms with van der Waals surface area (Å²) in [6, 6.07) is 5.98. The Morgan fingerprint density at radius 2 is 2.18 bits per heavy atom. The van der Waals surface area contributed by atoms with E-state index in [2.05, 4.69) is 19.0 Å². The lowest BCUT2D eigenvalue weighted by atomic mass is 10.1. The maximum Gasteiger partial charge on any atom is 0.232 e. The molecule has 0 radical (unpaired) electrons. The van der Waals surface area contributed by atoms with Gasteiger partial charge in [-0.05, 0) is 44.6 Å². The molecule has 6 heteroatoms. The van der Waals surface area contributed by atoms with Gasteiger partial charge in [-0.3, -0.25) is 4.79 Å². The number of carbonyl (C=O) groups excluding carboxylic acids is 1. The minimum atomic E-state index is 0.224. The molecule has 1 unspecified atom stereocenters. The second kappa shape index (κ2) is 8.44. The van der Waals surface area contributed by atoms with Crippen LogP contribution in [0.3, 0.4) is 0 Å². The van der Waals surface area contributed by atoms with E-state index in [1.54, 1.807) is 17.8 Å². The number of benzene rings is 1. The minimum Gasteiger partial charge on any atom is -0.340 e. The normalized spacial score (nSPS) is 18.8. The van der Waals surface area contributed by atoms with Crippen LogP contribution in [0.5, 0.6) is 0 Å². The third kappa shape index (κ3) is 5.05. The van der Waals surface area contributed by atoms with Gasteiger partial charge < -0.3 is 9.80 Å². The number of hydrogen-bond acceptors (Lipinski definition) is 3. The molecule has 0 spiro atoms. The molecular weight excluding hydrogens is 339 g/mol. The van der Waals surface area contributed by atoms with Gasteiger partial charge in [-0.2, -0.15) is 0 Å². The summed E-state index contributed by atoms with van der Waals surface area (Å²) in [5, 5.41) is 1.30. The molecule has 0 saturated carbocycles. The van der Waals surface area contributed by atoms with Crippen molar-refractivity contribution in [3.63, 3.8) is 0 Å². The highest BCUT2D eigenvalue weighted by atomic mass is 35.5. The first-order valence-electron chi connectivity index (χ1n) is 7.43. The minimum absolute atomic E-state index is 0.224. The molecule has 0 N–H and O–H groups in total. The summed E-state index contributed by atoms with van der Waals surface area (Å²) in [4.78, 5) is 16.5. The molecule has 1 aromatic rings. The van der Waals surface area contributed by atoms with Gasteiger partial charge >= 0.3 is 0 Å². The SMILES string of the molecule is CN(C)C1CCCN(C(=O)CSCc2ccc(Cl)cc2Cl)C1. The Bertz CT molecular complexity index is 525. The molecule has 1 saturated heterocycles. The predicted octanol–water partition coefficient (Wildman–Crippen LogP) is 3.78. The first kappa shape index (κ1) is 17.9. The van der Waals surface area contributed by atoms with Crippen molar-refractivity contribution >= 4 is 40.9 Å². The van der Waals surface area contributed by atoms with Gasteiger partial charge in [0, 0.05) is 34.9 Å². The topological polar surface area (TPSA) is 23.6 Å². The fraction of sp³-hybridized carbons (Fsp3) is 0.562. The van der Waals surface area contributed by atoms with Crippen LogP contribution in [0.15, 0.2) is 18.2 Å². The largest absolute Gasteiger partial charge is 0.340 e. The molecule has 1 fully saturated rings. The predicted molar refractivity (Wildman–Crippen MR) is 95.9 cm³/mol. The van der Waals surface area contributed by atoms with Gasteiger partial charge in [0.2, 0.25) is 5.91 Å². The maximum absolute atomic E-state index is 12.3. The third-order valence-electron chi connectivity index (χ3n) is 3.98. The lowest BCUT2D eigenvalue weighted by Crippen LogP contribution is -2.48. The van der Waals surface area contributed by atoms with Crippen LogP contribution in [0.4, 0.5) is 0 Å². The summed E-state index contributed by atoms with van der Waals surface area (Å²) >= 11 is 13.6. The van der Waals surface area contributed by atoms with Crippen LogP contribution in [0.25, 0.3) is 0 Å². The number of thioether (sulfide) groups is 1. The zero-order chi connectivity index (χ0) is 16.1. The Balaban J connectivity index is 1.80. The molecule has 0 bridgehead atoms. The van der Waals surface area contributed by atoms with Crippen LogP contribution in [-0.2, 0) is 10.5 Å². The second-order valence-electron chi connectivity index (χ2n) is 5.83. The van der Waals surface area contributed by atoms with Gasteiger partial charge in [-0.1, -0.05) is 29.3 Å². The van der Waals surface area contributed by atoms with E-state index in [1.165, 1.54) is 6.42 Å². The van der Waals surface area contributed by atoms with Gasteiger partial charge in [0.05, 0.1) is 5.75 Å². The number of likely N-dealkylation sites (tertiary alicyclic amines) is 1. The average molecular weight is 361 g/mol. The van der Waals surface area contributed by atoms with Gasteiger partial charge in [-0.25, -0.2) is 0 Å². The molecule has 3 nitrogen and oxygen atoms in total. The zero-order valence-corrected chi connectivity index (χ0v) is 15.3. The molecule has 1 aromatic carbocycles. The fourth-order valence-corrected chi connectivity index (χ4v) is 4.07. The summed E-state index contributed by atoms with van der Waals surface area (Å²) in [6.07, 6.45) is 2.26.